The SMILES string of the molecule is CC(C)Oc1ccc(CNS(=O)(=O)c2ccc(F)c(F)c2)cc1. The third-order valence-electron chi connectivity index (χ3n) is 2.96. The Labute approximate surface area is 134 Å². The van der Waals surface area contributed by atoms with Gasteiger partial charge in [-0.3, -0.25) is 0 Å². The summed E-state index contributed by atoms with van der Waals surface area (Å²) in [7, 11) is -3.91. The van der Waals surface area contributed by atoms with E-state index >= 15 is 0 Å². The minimum atomic E-state index is -3.91. The molecule has 124 valence electrons. The van der Waals surface area contributed by atoms with Crippen molar-refractivity contribution in [1.82, 2.24) is 4.72 Å². The molecular weight excluding hydrogens is 324 g/mol. The van der Waals surface area contributed by atoms with Gasteiger partial charge >= 0.3 is 0 Å². The molecule has 0 spiro atoms. The fraction of sp³-hybridized carbons (Fsp3) is 0.250. The van der Waals surface area contributed by atoms with E-state index in [1.165, 1.54) is 0 Å². The van der Waals surface area contributed by atoms with E-state index in [9.17, 15) is 17.2 Å². The molecule has 2 aromatic carbocycles. The molecule has 4 nitrogen and oxygen atoms in total. The van der Waals surface area contributed by atoms with Gasteiger partial charge in [0.05, 0.1) is 11.0 Å². The van der Waals surface area contributed by atoms with Gasteiger partial charge in [-0.15, -0.1) is 0 Å². The van der Waals surface area contributed by atoms with Gasteiger partial charge in [0.15, 0.2) is 11.6 Å². The lowest BCUT2D eigenvalue weighted by Gasteiger charge is -2.11. The molecule has 0 aromatic heterocycles. The number of rotatable bonds is 6. The number of benzene rings is 2. The molecule has 0 heterocycles. The first-order chi connectivity index (χ1) is 10.8. The fourth-order valence-corrected chi connectivity index (χ4v) is 2.89. The third-order valence-corrected chi connectivity index (χ3v) is 4.36. The average Bonchev–Trinajstić information content (AvgIpc) is 2.49. The van der Waals surface area contributed by atoms with Gasteiger partial charge in [0.25, 0.3) is 0 Å². The van der Waals surface area contributed by atoms with Crippen LogP contribution >= 0.6 is 0 Å². The van der Waals surface area contributed by atoms with Crippen molar-refractivity contribution in [3.8, 4) is 5.75 Å². The number of halogens is 2. The Morgan fingerprint density at radius 2 is 1.70 bits per heavy atom. The van der Waals surface area contributed by atoms with E-state index in [1.807, 2.05) is 13.8 Å². The number of hydrogen-bond acceptors (Lipinski definition) is 3. The standard InChI is InChI=1S/C16H17F2NO3S/c1-11(2)22-13-5-3-12(4-6-13)10-19-23(20,21)14-7-8-15(17)16(18)9-14/h3-9,11,19H,10H2,1-2H3. The highest BCUT2D eigenvalue weighted by molar-refractivity contribution is 7.89. The maximum atomic E-state index is 13.1. The smallest absolute Gasteiger partial charge is 0.240 e. The van der Waals surface area contributed by atoms with Crippen LogP contribution in [-0.2, 0) is 16.6 Å². The van der Waals surface area contributed by atoms with Crippen LogP contribution in [-0.4, -0.2) is 14.5 Å². The van der Waals surface area contributed by atoms with E-state index < -0.39 is 21.7 Å². The van der Waals surface area contributed by atoms with Crippen LogP contribution in [0, 0.1) is 11.6 Å². The van der Waals surface area contributed by atoms with Gasteiger partial charge in [-0.2, -0.15) is 0 Å². The van der Waals surface area contributed by atoms with Gasteiger partial charge in [-0.1, -0.05) is 12.1 Å². The highest BCUT2D eigenvalue weighted by Gasteiger charge is 2.16. The Morgan fingerprint density at radius 3 is 2.26 bits per heavy atom. The van der Waals surface area contributed by atoms with Crippen molar-refractivity contribution < 1.29 is 21.9 Å². The van der Waals surface area contributed by atoms with Crippen molar-refractivity contribution in [2.45, 2.75) is 31.4 Å². The molecule has 0 bridgehead atoms. The summed E-state index contributed by atoms with van der Waals surface area (Å²) in [5.74, 6) is -1.61. The first kappa shape index (κ1) is 17.4. The van der Waals surface area contributed by atoms with Crippen LogP contribution in [0.3, 0.4) is 0 Å². The zero-order valence-electron chi connectivity index (χ0n) is 12.7. The second-order valence-electron chi connectivity index (χ2n) is 5.21. The maximum Gasteiger partial charge on any atom is 0.240 e. The molecule has 0 amide bonds. The molecule has 0 aliphatic heterocycles. The Hall–Kier alpha value is -1.99. The molecule has 0 saturated heterocycles. The summed E-state index contributed by atoms with van der Waals surface area (Å²) in [5.41, 5.74) is 0.715. The second-order valence-corrected chi connectivity index (χ2v) is 6.98. The summed E-state index contributed by atoms with van der Waals surface area (Å²) >= 11 is 0. The molecule has 2 aromatic rings. The first-order valence-electron chi connectivity index (χ1n) is 6.98. The van der Waals surface area contributed by atoms with Gasteiger partial charge in [0.2, 0.25) is 10.0 Å². The van der Waals surface area contributed by atoms with Gasteiger partial charge in [0, 0.05) is 6.54 Å². The Morgan fingerprint density at radius 1 is 1.04 bits per heavy atom. The van der Waals surface area contributed by atoms with Crippen LogP contribution in [0.15, 0.2) is 47.4 Å². The Bertz CT molecular complexity index is 774. The number of nitrogens with one attached hydrogen (secondary N) is 1. The lowest BCUT2D eigenvalue weighted by atomic mass is 10.2. The van der Waals surface area contributed by atoms with Crippen molar-refractivity contribution in [1.29, 1.82) is 0 Å². The van der Waals surface area contributed by atoms with Crippen LogP contribution in [0.4, 0.5) is 8.78 Å². The molecule has 0 atom stereocenters. The number of sulfonamides is 1. The quantitative estimate of drug-likeness (QED) is 0.878. The minimum absolute atomic E-state index is 0.0310. The summed E-state index contributed by atoms with van der Waals surface area (Å²) in [6.07, 6.45) is 0.0488. The van der Waals surface area contributed by atoms with E-state index in [-0.39, 0.29) is 17.5 Å². The zero-order chi connectivity index (χ0) is 17.0. The van der Waals surface area contributed by atoms with E-state index in [1.54, 1.807) is 24.3 Å². The van der Waals surface area contributed by atoms with Crippen LogP contribution in [0.25, 0.3) is 0 Å². The lowest BCUT2D eigenvalue weighted by molar-refractivity contribution is 0.242. The van der Waals surface area contributed by atoms with Gasteiger partial charge < -0.3 is 4.74 Å². The summed E-state index contributed by atoms with van der Waals surface area (Å²) in [5, 5.41) is 0. The fourth-order valence-electron chi connectivity index (χ4n) is 1.86. The van der Waals surface area contributed by atoms with E-state index in [0.29, 0.717) is 17.4 Å². The lowest BCUT2D eigenvalue weighted by Crippen LogP contribution is -2.23. The summed E-state index contributed by atoms with van der Waals surface area (Å²) < 4.78 is 58.0. The number of hydrogen-bond donors (Lipinski definition) is 1. The maximum absolute atomic E-state index is 13.1. The zero-order valence-corrected chi connectivity index (χ0v) is 13.5. The van der Waals surface area contributed by atoms with Gasteiger partial charge in [-0.05, 0) is 49.7 Å². The summed E-state index contributed by atoms with van der Waals surface area (Å²) in [6, 6.07) is 9.37. The predicted molar refractivity (Wildman–Crippen MR) is 82.6 cm³/mol. The van der Waals surface area contributed by atoms with Crippen LogP contribution < -0.4 is 9.46 Å². The highest BCUT2D eigenvalue weighted by Crippen LogP contribution is 2.16. The molecule has 1 N–H and O–H groups in total. The third kappa shape index (κ3) is 4.74. The molecule has 0 unspecified atom stereocenters. The molecule has 0 aliphatic carbocycles. The van der Waals surface area contributed by atoms with Gasteiger partial charge in [0.1, 0.15) is 5.75 Å². The summed E-state index contributed by atoms with van der Waals surface area (Å²) in [4.78, 5) is -0.323. The Balaban J connectivity index is 2.05. The van der Waals surface area contributed by atoms with Crippen molar-refractivity contribution in [2.75, 3.05) is 0 Å². The molecule has 7 heteroatoms. The van der Waals surface area contributed by atoms with Crippen LogP contribution in [0.1, 0.15) is 19.4 Å². The molecule has 0 fully saturated rings. The second kappa shape index (κ2) is 7.06. The molecular formula is C16H17F2NO3S. The first-order valence-corrected chi connectivity index (χ1v) is 8.46. The minimum Gasteiger partial charge on any atom is -0.491 e. The molecule has 0 radical (unpaired) electrons. The summed E-state index contributed by atoms with van der Waals surface area (Å²) in [6.45, 7) is 3.84. The van der Waals surface area contributed by atoms with E-state index in [4.69, 9.17) is 4.74 Å². The van der Waals surface area contributed by atoms with Crippen LogP contribution in [0.5, 0.6) is 5.75 Å². The number of ether oxygens (including phenoxy) is 1. The predicted octanol–water partition coefficient (Wildman–Crippen LogP) is 3.23. The Kier molecular flexibility index (Phi) is 5.33. The molecule has 23 heavy (non-hydrogen) atoms. The van der Waals surface area contributed by atoms with Crippen molar-refractivity contribution in [2.24, 2.45) is 0 Å². The van der Waals surface area contributed by atoms with Crippen LogP contribution in [0.2, 0.25) is 0 Å². The molecule has 2 rings (SSSR count). The highest BCUT2D eigenvalue weighted by atomic mass is 32.2. The largest absolute Gasteiger partial charge is 0.491 e. The molecule has 0 saturated carbocycles. The van der Waals surface area contributed by atoms with Crippen molar-refractivity contribution in [3.63, 3.8) is 0 Å². The van der Waals surface area contributed by atoms with Crippen molar-refractivity contribution >= 4 is 10.0 Å². The topological polar surface area (TPSA) is 55.4 Å². The average molecular weight is 341 g/mol. The normalized spacial score (nSPS) is 11.7. The van der Waals surface area contributed by atoms with E-state index in [2.05, 4.69) is 4.72 Å². The van der Waals surface area contributed by atoms with Crippen molar-refractivity contribution in [3.05, 3.63) is 59.7 Å². The molecule has 0 aliphatic rings. The van der Waals surface area contributed by atoms with Gasteiger partial charge in [-0.25, -0.2) is 21.9 Å². The monoisotopic (exact) mass is 341 g/mol. The van der Waals surface area contributed by atoms with E-state index in [0.717, 1.165) is 12.1 Å².